The first kappa shape index (κ1) is 27.0. The maximum absolute atomic E-state index is 13.9. The van der Waals surface area contributed by atoms with Gasteiger partial charge in [0.25, 0.3) is 0 Å². The van der Waals surface area contributed by atoms with E-state index in [1.54, 1.807) is 16.4 Å². The van der Waals surface area contributed by atoms with E-state index in [4.69, 9.17) is 4.74 Å². The van der Waals surface area contributed by atoms with Crippen molar-refractivity contribution in [3.63, 3.8) is 0 Å². The van der Waals surface area contributed by atoms with Gasteiger partial charge in [-0.1, -0.05) is 64.0 Å². The summed E-state index contributed by atoms with van der Waals surface area (Å²) in [5.41, 5.74) is 2.16. The van der Waals surface area contributed by atoms with Gasteiger partial charge in [-0.15, -0.1) is 0 Å². The molecule has 0 aromatic heterocycles. The van der Waals surface area contributed by atoms with Crippen molar-refractivity contribution >= 4 is 37.5 Å². The van der Waals surface area contributed by atoms with Crippen molar-refractivity contribution in [3.05, 3.63) is 94.5 Å². The Balaban J connectivity index is 1.32. The minimum Gasteiger partial charge on any atom is -0.371 e. The van der Waals surface area contributed by atoms with Crippen LogP contribution in [0.2, 0.25) is 0 Å². The smallest absolute Gasteiger partial charge is 0.243 e. The van der Waals surface area contributed by atoms with E-state index in [-0.39, 0.29) is 25.0 Å². The number of anilines is 1. The summed E-state index contributed by atoms with van der Waals surface area (Å²) in [6.45, 7) is 3.89. The fourth-order valence-electron chi connectivity index (χ4n) is 5.23. The molecule has 1 spiro atoms. The Morgan fingerprint density at radius 1 is 1.03 bits per heavy atom. The molecule has 0 saturated carbocycles. The molecule has 1 amide bonds. The molecule has 2 aliphatic heterocycles. The molecule has 0 bridgehead atoms. The maximum atomic E-state index is 13.9. The number of hydrogen-bond acceptors (Lipinski definition) is 5. The lowest BCUT2D eigenvalue weighted by Crippen LogP contribution is -2.59. The molecule has 2 heterocycles. The lowest BCUT2D eigenvalue weighted by Gasteiger charge is -2.44. The number of amides is 1. The molecule has 1 N–H and O–H groups in total. The predicted molar refractivity (Wildman–Crippen MR) is 152 cm³/mol. The van der Waals surface area contributed by atoms with Crippen LogP contribution >= 0.6 is 15.9 Å². The van der Waals surface area contributed by atoms with E-state index in [0.29, 0.717) is 37.4 Å². The summed E-state index contributed by atoms with van der Waals surface area (Å²) in [7, 11) is -3.74. The van der Waals surface area contributed by atoms with E-state index >= 15 is 0 Å². The summed E-state index contributed by atoms with van der Waals surface area (Å²) in [4.78, 5) is 15.0. The van der Waals surface area contributed by atoms with Crippen LogP contribution in [0.15, 0.2) is 88.2 Å². The van der Waals surface area contributed by atoms with Gasteiger partial charge in [0.2, 0.25) is 15.9 Å². The van der Waals surface area contributed by atoms with Crippen molar-refractivity contribution in [2.75, 3.05) is 38.1 Å². The zero-order valence-corrected chi connectivity index (χ0v) is 23.7. The summed E-state index contributed by atoms with van der Waals surface area (Å²) in [5.74, 6) is -0.105. The molecule has 200 valence electrons. The van der Waals surface area contributed by atoms with Crippen molar-refractivity contribution < 1.29 is 17.9 Å². The van der Waals surface area contributed by atoms with Crippen molar-refractivity contribution in [1.82, 2.24) is 9.21 Å². The number of morpholine rings is 1. The molecule has 3 aromatic carbocycles. The average Bonchev–Trinajstić information content (AvgIpc) is 3.29. The van der Waals surface area contributed by atoms with E-state index in [1.807, 2.05) is 78.6 Å². The number of rotatable bonds is 7. The number of carbonyl (C=O) groups excluding carboxylic acids is 1. The Kier molecular flexibility index (Phi) is 8.02. The molecule has 9 heteroatoms. The van der Waals surface area contributed by atoms with Crippen LogP contribution in [-0.4, -0.2) is 68.0 Å². The highest BCUT2D eigenvalue weighted by molar-refractivity contribution is 9.10. The predicted octanol–water partition coefficient (Wildman–Crippen LogP) is 4.47. The second-order valence-corrected chi connectivity index (χ2v) is 13.0. The fraction of sp³-hybridized carbons (Fsp3) is 0.345. The molecule has 5 rings (SSSR count). The van der Waals surface area contributed by atoms with Gasteiger partial charge in [-0.2, -0.15) is 4.31 Å². The molecule has 0 unspecified atom stereocenters. The third-order valence-electron chi connectivity index (χ3n) is 7.27. The van der Waals surface area contributed by atoms with Crippen LogP contribution in [0.25, 0.3) is 0 Å². The first-order valence-corrected chi connectivity index (χ1v) is 15.0. The van der Waals surface area contributed by atoms with Gasteiger partial charge in [-0.25, -0.2) is 8.42 Å². The number of sulfonamides is 1. The van der Waals surface area contributed by atoms with Crippen LogP contribution in [0.4, 0.5) is 5.69 Å². The summed E-state index contributed by atoms with van der Waals surface area (Å²) < 4.78 is 36.9. The van der Waals surface area contributed by atoms with Gasteiger partial charge in [0.15, 0.2) is 0 Å². The normalized spacial score (nSPS) is 22.5. The fourth-order valence-corrected chi connectivity index (χ4v) is 7.18. The second-order valence-electron chi connectivity index (χ2n) is 10.2. The zero-order chi connectivity index (χ0) is 26.8. The highest BCUT2D eigenvalue weighted by atomic mass is 79.9. The molecular weight excluding hydrogens is 566 g/mol. The van der Waals surface area contributed by atoms with Crippen LogP contribution < -0.4 is 5.32 Å². The number of likely N-dealkylation sites (tertiary alicyclic amines) is 1. The van der Waals surface area contributed by atoms with Crippen molar-refractivity contribution in [2.45, 2.75) is 36.3 Å². The Hall–Kier alpha value is -2.56. The maximum Gasteiger partial charge on any atom is 0.243 e. The first-order chi connectivity index (χ1) is 18.2. The molecule has 3 aromatic rings. The molecule has 2 aliphatic rings. The number of nitrogens with zero attached hydrogens (tertiary/aromatic N) is 2. The van der Waals surface area contributed by atoms with Gasteiger partial charge >= 0.3 is 0 Å². The number of benzene rings is 3. The molecule has 0 aliphatic carbocycles. The van der Waals surface area contributed by atoms with Crippen LogP contribution in [-0.2, 0) is 26.0 Å². The Morgan fingerprint density at radius 3 is 2.45 bits per heavy atom. The third kappa shape index (κ3) is 6.18. The van der Waals surface area contributed by atoms with Crippen molar-refractivity contribution in [1.29, 1.82) is 0 Å². The van der Waals surface area contributed by atoms with E-state index < -0.39 is 15.6 Å². The molecule has 2 atom stereocenters. The van der Waals surface area contributed by atoms with Crippen LogP contribution in [0, 0.1) is 6.92 Å². The van der Waals surface area contributed by atoms with Gasteiger partial charge in [0, 0.05) is 29.8 Å². The first-order valence-electron chi connectivity index (χ1n) is 12.8. The lowest BCUT2D eigenvalue weighted by atomic mass is 9.98. The highest BCUT2D eigenvalue weighted by Gasteiger charge is 2.49. The number of halogens is 1. The number of aryl methyl sites for hydroxylation is 1. The molecule has 2 fully saturated rings. The second kappa shape index (κ2) is 11.3. The summed E-state index contributed by atoms with van der Waals surface area (Å²) >= 11 is 3.40. The average molecular weight is 599 g/mol. The number of ether oxygens (including phenoxy) is 1. The van der Waals surface area contributed by atoms with Gasteiger partial charge in [-0.05, 0) is 61.7 Å². The van der Waals surface area contributed by atoms with Crippen molar-refractivity contribution in [3.8, 4) is 0 Å². The molecule has 38 heavy (non-hydrogen) atoms. The van der Waals surface area contributed by atoms with E-state index in [2.05, 4.69) is 21.2 Å². The standard InChI is InChI=1S/C29H32BrN3O4S/c1-22-7-13-27(14-8-22)38(35,36)33-21-29(37-19-26(33)17-23-5-3-2-4-6-23)15-16-32(20-29)18-28(34)31-25-11-9-24(30)10-12-25/h2-14,26H,15-21H2,1H3,(H,31,34)/t26-,29-/m0/s1. The van der Waals surface area contributed by atoms with E-state index in [0.717, 1.165) is 21.3 Å². The van der Waals surface area contributed by atoms with E-state index in [1.165, 1.54) is 0 Å². The summed E-state index contributed by atoms with van der Waals surface area (Å²) in [6, 6.07) is 24.1. The Bertz CT molecular complexity index is 1370. The molecule has 7 nitrogen and oxygen atoms in total. The molecule has 0 radical (unpaired) electrons. The lowest BCUT2D eigenvalue weighted by molar-refractivity contribution is -0.118. The third-order valence-corrected chi connectivity index (χ3v) is 9.71. The van der Waals surface area contributed by atoms with Gasteiger partial charge < -0.3 is 10.1 Å². The Morgan fingerprint density at radius 2 is 1.74 bits per heavy atom. The highest BCUT2D eigenvalue weighted by Crippen LogP contribution is 2.35. The summed E-state index contributed by atoms with van der Waals surface area (Å²) in [6.07, 6.45) is 1.23. The monoisotopic (exact) mass is 597 g/mol. The minimum atomic E-state index is -3.74. The minimum absolute atomic E-state index is 0.105. The van der Waals surface area contributed by atoms with Gasteiger partial charge in [-0.3, -0.25) is 9.69 Å². The van der Waals surface area contributed by atoms with Gasteiger partial charge in [0.05, 0.1) is 29.7 Å². The van der Waals surface area contributed by atoms with Crippen molar-refractivity contribution in [2.24, 2.45) is 0 Å². The van der Waals surface area contributed by atoms with E-state index in [9.17, 15) is 13.2 Å². The Labute approximate surface area is 233 Å². The van der Waals surface area contributed by atoms with Crippen LogP contribution in [0.3, 0.4) is 0 Å². The number of nitrogens with one attached hydrogen (secondary N) is 1. The number of carbonyl (C=O) groups is 1. The number of hydrogen-bond donors (Lipinski definition) is 1. The van der Waals surface area contributed by atoms with Crippen LogP contribution in [0.5, 0.6) is 0 Å². The zero-order valence-electron chi connectivity index (χ0n) is 21.3. The quantitative estimate of drug-likeness (QED) is 0.434. The molecular formula is C29H32BrN3O4S. The summed E-state index contributed by atoms with van der Waals surface area (Å²) in [5, 5.41) is 2.93. The largest absolute Gasteiger partial charge is 0.371 e. The SMILES string of the molecule is Cc1ccc(S(=O)(=O)N2C[C@@]3(CCN(CC(=O)Nc4ccc(Br)cc4)C3)OC[C@@H]2Cc2ccccc2)cc1. The topological polar surface area (TPSA) is 79.0 Å². The van der Waals surface area contributed by atoms with Gasteiger partial charge in [0.1, 0.15) is 0 Å². The molecule has 2 saturated heterocycles. The van der Waals surface area contributed by atoms with Crippen LogP contribution in [0.1, 0.15) is 17.5 Å².